The molecule has 0 aliphatic heterocycles. The molecule has 0 saturated heterocycles. The van der Waals surface area contributed by atoms with Crippen molar-refractivity contribution in [2.45, 2.75) is 38.6 Å². The van der Waals surface area contributed by atoms with E-state index < -0.39 is 5.54 Å². The van der Waals surface area contributed by atoms with Crippen molar-refractivity contribution in [3.8, 4) is 0 Å². The highest BCUT2D eigenvalue weighted by Crippen LogP contribution is 2.43. The molecule has 1 aromatic heterocycles. The molecule has 1 heterocycles. The Hall–Kier alpha value is -1.68. The van der Waals surface area contributed by atoms with Crippen LogP contribution < -0.4 is 5.73 Å². The van der Waals surface area contributed by atoms with Gasteiger partial charge in [-0.25, -0.2) is 0 Å². The van der Waals surface area contributed by atoms with Crippen LogP contribution in [0.2, 0.25) is 0 Å². The average molecular weight is 257 g/mol. The first kappa shape index (κ1) is 12.4. The summed E-state index contributed by atoms with van der Waals surface area (Å²) in [5.41, 5.74) is 8.27. The van der Waals surface area contributed by atoms with Crippen molar-refractivity contribution in [3.05, 3.63) is 47.1 Å². The summed E-state index contributed by atoms with van der Waals surface area (Å²) in [6.45, 7) is 4.07. The predicted molar refractivity (Wildman–Crippen MR) is 72.5 cm³/mol. The second-order valence-electron chi connectivity index (χ2n) is 5.68. The van der Waals surface area contributed by atoms with Gasteiger partial charge in [-0.3, -0.25) is 0 Å². The Kier molecular flexibility index (Phi) is 2.90. The molecule has 0 spiro atoms. The maximum Gasteiger partial charge on any atom is 0.246 e. The molecule has 1 fully saturated rings. The van der Waals surface area contributed by atoms with Crippen LogP contribution in [0.5, 0.6) is 0 Å². The summed E-state index contributed by atoms with van der Waals surface area (Å²) in [5.74, 6) is 1.76. The molecule has 1 aliphatic carbocycles. The van der Waals surface area contributed by atoms with Crippen LogP contribution in [0.3, 0.4) is 0 Å². The molecule has 4 heteroatoms. The molecular formula is C15H19N3O. The first-order valence-electron chi connectivity index (χ1n) is 6.74. The number of nitrogens with zero attached hydrogens (tertiary/aromatic N) is 2. The SMILES string of the molecule is Cc1ccccc1Cc1noc(C(C)(N)C2CC2)n1. The van der Waals surface area contributed by atoms with E-state index in [-0.39, 0.29) is 0 Å². The van der Waals surface area contributed by atoms with Crippen molar-refractivity contribution in [2.24, 2.45) is 11.7 Å². The molecule has 1 aliphatic rings. The lowest BCUT2D eigenvalue weighted by atomic mass is 9.97. The van der Waals surface area contributed by atoms with Crippen LogP contribution >= 0.6 is 0 Å². The fraction of sp³-hybridized carbons (Fsp3) is 0.467. The Bertz CT molecular complexity index is 585. The van der Waals surface area contributed by atoms with Gasteiger partial charge < -0.3 is 10.3 Å². The molecule has 1 aromatic carbocycles. The van der Waals surface area contributed by atoms with Crippen molar-refractivity contribution in [1.82, 2.24) is 10.1 Å². The summed E-state index contributed by atoms with van der Waals surface area (Å²) in [7, 11) is 0. The predicted octanol–water partition coefficient (Wildman–Crippen LogP) is 2.55. The van der Waals surface area contributed by atoms with E-state index in [4.69, 9.17) is 10.3 Å². The molecule has 19 heavy (non-hydrogen) atoms. The topological polar surface area (TPSA) is 64.9 Å². The van der Waals surface area contributed by atoms with Gasteiger partial charge in [0.1, 0.15) is 0 Å². The van der Waals surface area contributed by atoms with E-state index in [0.717, 1.165) is 12.8 Å². The van der Waals surface area contributed by atoms with Gasteiger partial charge in [-0.05, 0) is 43.7 Å². The third-order valence-corrected chi connectivity index (χ3v) is 3.96. The summed E-state index contributed by atoms with van der Waals surface area (Å²) < 4.78 is 5.36. The highest BCUT2D eigenvalue weighted by atomic mass is 16.5. The smallest absolute Gasteiger partial charge is 0.246 e. The zero-order valence-electron chi connectivity index (χ0n) is 11.4. The summed E-state index contributed by atoms with van der Waals surface area (Å²) in [4.78, 5) is 4.48. The molecule has 1 unspecified atom stereocenters. The molecule has 1 saturated carbocycles. The second-order valence-corrected chi connectivity index (χ2v) is 5.68. The van der Waals surface area contributed by atoms with Gasteiger partial charge in [0.25, 0.3) is 0 Å². The molecule has 2 aromatic rings. The third kappa shape index (κ3) is 2.40. The molecule has 100 valence electrons. The Balaban J connectivity index is 1.80. The number of benzene rings is 1. The summed E-state index contributed by atoms with van der Waals surface area (Å²) in [6.07, 6.45) is 3.00. The van der Waals surface area contributed by atoms with Crippen LogP contribution in [-0.4, -0.2) is 10.1 Å². The van der Waals surface area contributed by atoms with E-state index >= 15 is 0 Å². The lowest BCUT2D eigenvalue weighted by molar-refractivity contribution is 0.272. The van der Waals surface area contributed by atoms with Crippen LogP contribution in [0.1, 0.15) is 42.6 Å². The highest BCUT2D eigenvalue weighted by molar-refractivity contribution is 5.28. The van der Waals surface area contributed by atoms with Crippen molar-refractivity contribution >= 4 is 0 Å². The lowest BCUT2D eigenvalue weighted by Crippen LogP contribution is -2.35. The van der Waals surface area contributed by atoms with Crippen LogP contribution in [0.25, 0.3) is 0 Å². The van der Waals surface area contributed by atoms with E-state index in [9.17, 15) is 0 Å². The maximum absolute atomic E-state index is 6.28. The van der Waals surface area contributed by atoms with E-state index in [0.29, 0.717) is 24.1 Å². The van der Waals surface area contributed by atoms with E-state index in [2.05, 4.69) is 29.2 Å². The third-order valence-electron chi connectivity index (χ3n) is 3.96. The van der Waals surface area contributed by atoms with Crippen LogP contribution in [0, 0.1) is 12.8 Å². The van der Waals surface area contributed by atoms with Gasteiger partial charge in [-0.1, -0.05) is 29.4 Å². The number of nitrogens with two attached hydrogens (primary N) is 1. The first-order chi connectivity index (χ1) is 9.07. The normalized spacial score (nSPS) is 18.3. The summed E-state index contributed by atoms with van der Waals surface area (Å²) >= 11 is 0. The monoisotopic (exact) mass is 257 g/mol. The first-order valence-corrected chi connectivity index (χ1v) is 6.74. The van der Waals surface area contributed by atoms with Crippen LogP contribution in [0.4, 0.5) is 0 Å². The highest BCUT2D eigenvalue weighted by Gasteiger charge is 2.43. The Morgan fingerprint density at radius 3 is 2.79 bits per heavy atom. The molecule has 0 radical (unpaired) electrons. The molecule has 0 amide bonds. The van der Waals surface area contributed by atoms with Crippen molar-refractivity contribution in [3.63, 3.8) is 0 Å². The van der Waals surface area contributed by atoms with E-state index in [1.54, 1.807) is 0 Å². The second kappa shape index (κ2) is 4.46. The minimum Gasteiger partial charge on any atom is -0.337 e. The van der Waals surface area contributed by atoms with Gasteiger partial charge in [0, 0.05) is 6.42 Å². The standard InChI is InChI=1S/C15H19N3O/c1-10-5-3-4-6-11(10)9-13-17-14(19-18-13)15(2,16)12-7-8-12/h3-6,12H,7-9,16H2,1-2H3. The molecule has 2 N–H and O–H groups in total. The zero-order valence-corrected chi connectivity index (χ0v) is 11.4. The molecule has 4 nitrogen and oxygen atoms in total. The Morgan fingerprint density at radius 2 is 2.11 bits per heavy atom. The van der Waals surface area contributed by atoms with Gasteiger partial charge in [0.05, 0.1) is 5.54 Å². The zero-order chi connectivity index (χ0) is 13.5. The molecule has 3 rings (SSSR count). The van der Waals surface area contributed by atoms with Crippen molar-refractivity contribution < 1.29 is 4.52 Å². The van der Waals surface area contributed by atoms with Gasteiger partial charge in [0.15, 0.2) is 5.82 Å². The van der Waals surface area contributed by atoms with Gasteiger partial charge >= 0.3 is 0 Å². The molecule has 1 atom stereocenters. The van der Waals surface area contributed by atoms with Gasteiger partial charge in [-0.15, -0.1) is 0 Å². The van der Waals surface area contributed by atoms with Crippen LogP contribution in [-0.2, 0) is 12.0 Å². The number of rotatable bonds is 4. The number of aryl methyl sites for hydroxylation is 1. The molecule has 0 bridgehead atoms. The lowest BCUT2D eigenvalue weighted by Gasteiger charge is -2.18. The molecular weight excluding hydrogens is 238 g/mol. The van der Waals surface area contributed by atoms with Crippen molar-refractivity contribution in [2.75, 3.05) is 0 Å². The largest absolute Gasteiger partial charge is 0.337 e. The fourth-order valence-electron chi connectivity index (χ4n) is 2.38. The van der Waals surface area contributed by atoms with Gasteiger partial charge in [-0.2, -0.15) is 4.98 Å². The summed E-state index contributed by atoms with van der Waals surface area (Å²) in [6, 6.07) is 8.24. The quantitative estimate of drug-likeness (QED) is 0.914. The van der Waals surface area contributed by atoms with E-state index in [1.807, 2.05) is 19.1 Å². The summed E-state index contributed by atoms with van der Waals surface area (Å²) in [5, 5.41) is 4.06. The number of hydrogen-bond acceptors (Lipinski definition) is 4. The Labute approximate surface area is 113 Å². The van der Waals surface area contributed by atoms with Crippen molar-refractivity contribution in [1.29, 1.82) is 0 Å². The van der Waals surface area contributed by atoms with E-state index in [1.165, 1.54) is 11.1 Å². The maximum atomic E-state index is 6.28. The van der Waals surface area contributed by atoms with Gasteiger partial charge in [0.2, 0.25) is 5.89 Å². The Morgan fingerprint density at radius 1 is 1.37 bits per heavy atom. The number of hydrogen-bond donors (Lipinski definition) is 1. The minimum absolute atomic E-state index is 0.475. The fourth-order valence-corrected chi connectivity index (χ4v) is 2.38. The van der Waals surface area contributed by atoms with Crippen LogP contribution in [0.15, 0.2) is 28.8 Å². The average Bonchev–Trinajstić information content (AvgIpc) is 3.13. The number of aromatic nitrogens is 2. The minimum atomic E-state index is -0.475.